The van der Waals surface area contributed by atoms with Gasteiger partial charge in [0.1, 0.15) is 5.75 Å². The summed E-state index contributed by atoms with van der Waals surface area (Å²) in [6.07, 6.45) is 1.92. The molecule has 124 valence electrons. The molecule has 0 bridgehead atoms. The second-order valence-electron chi connectivity index (χ2n) is 6.58. The van der Waals surface area contributed by atoms with Crippen LogP contribution in [0.15, 0.2) is 60.8 Å². The number of fused-ring (bicyclic) bond motifs is 3. The first-order valence-corrected chi connectivity index (χ1v) is 8.53. The first-order chi connectivity index (χ1) is 12.3. The highest BCUT2D eigenvalue weighted by molar-refractivity contribution is 6.09. The summed E-state index contributed by atoms with van der Waals surface area (Å²) in [6.45, 7) is 2.67. The van der Waals surface area contributed by atoms with Crippen molar-refractivity contribution in [1.29, 1.82) is 0 Å². The van der Waals surface area contributed by atoms with Crippen molar-refractivity contribution in [3.63, 3.8) is 0 Å². The second kappa shape index (κ2) is 5.60. The van der Waals surface area contributed by atoms with Crippen molar-refractivity contribution in [3.05, 3.63) is 72.1 Å². The highest BCUT2D eigenvalue weighted by Crippen LogP contribution is 2.35. The Bertz CT molecular complexity index is 1070. The number of methoxy groups -OCH3 is 1. The third-order valence-corrected chi connectivity index (χ3v) is 5.02. The Balaban J connectivity index is 1.64. The van der Waals surface area contributed by atoms with Crippen molar-refractivity contribution >= 4 is 21.8 Å². The van der Waals surface area contributed by atoms with Gasteiger partial charge in [-0.1, -0.05) is 30.3 Å². The number of nitrogens with zero attached hydrogens (tertiary/aromatic N) is 3. The van der Waals surface area contributed by atoms with Crippen LogP contribution in [0.4, 0.5) is 0 Å². The fraction of sp³-hybridized carbons (Fsp3) is 0.190. The molecule has 2 aromatic carbocycles. The third kappa shape index (κ3) is 2.29. The van der Waals surface area contributed by atoms with Gasteiger partial charge in [-0.05, 0) is 29.8 Å². The molecule has 0 saturated heterocycles. The first kappa shape index (κ1) is 14.5. The van der Waals surface area contributed by atoms with Gasteiger partial charge in [-0.3, -0.25) is 9.88 Å². The number of pyridine rings is 1. The zero-order chi connectivity index (χ0) is 16.8. The summed E-state index contributed by atoms with van der Waals surface area (Å²) >= 11 is 0. The predicted octanol–water partition coefficient (Wildman–Crippen LogP) is 4.17. The van der Waals surface area contributed by atoms with Crippen molar-refractivity contribution < 1.29 is 4.74 Å². The van der Waals surface area contributed by atoms with Gasteiger partial charge in [0.15, 0.2) is 0 Å². The lowest BCUT2D eigenvalue weighted by atomic mass is 10.1. The Morgan fingerprint density at radius 3 is 2.76 bits per heavy atom. The number of rotatable bonds is 3. The van der Waals surface area contributed by atoms with E-state index in [1.54, 1.807) is 7.11 Å². The molecule has 0 spiro atoms. The van der Waals surface area contributed by atoms with E-state index in [0.29, 0.717) is 0 Å². The number of hydrogen-bond donors (Lipinski definition) is 0. The average molecular weight is 329 g/mol. The van der Waals surface area contributed by atoms with E-state index in [1.165, 1.54) is 27.4 Å². The van der Waals surface area contributed by atoms with E-state index >= 15 is 0 Å². The van der Waals surface area contributed by atoms with Crippen LogP contribution in [0.5, 0.6) is 5.75 Å². The summed E-state index contributed by atoms with van der Waals surface area (Å²) in [5, 5.41) is 2.50. The minimum absolute atomic E-state index is 0.875. The fourth-order valence-corrected chi connectivity index (χ4v) is 3.90. The van der Waals surface area contributed by atoms with Crippen molar-refractivity contribution in [2.45, 2.75) is 19.8 Å². The van der Waals surface area contributed by atoms with Crippen LogP contribution in [0.3, 0.4) is 0 Å². The van der Waals surface area contributed by atoms with Crippen LogP contribution >= 0.6 is 0 Å². The minimum Gasteiger partial charge on any atom is -0.497 e. The van der Waals surface area contributed by atoms with Gasteiger partial charge in [0.25, 0.3) is 0 Å². The van der Waals surface area contributed by atoms with Crippen molar-refractivity contribution in [2.24, 2.45) is 0 Å². The maximum Gasteiger partial charge on any atom is 0.119 e. The molecule has 5 rings (SSSR count). The minimum atomic E-state index is 0.875. The molecule has 0 unspecified atom stereocenters. The smallest absolute Gasteiger partial charge is 0.119 e. The summed E-state index contributed by atoms with van der Waals surface area (Å²) in [5.41, 5.74) is 4.98. The molecule has 3 heterocycles. The normalized spacial score (nSPS) is 14.3. The molecule has 25 heavy (non-hydrogen) atoms. The zero-order valence-electron chi connectivity index (χ0n) is 14.1. The van der Waals surface area contributed by atoms with Gasteiger partial charge in [-0.15, -0.1) is 0 Å². The SMILES string of the molecule is COc1ccc2c(c1)c1ccnc3c1n2CN(Cc1ccccc1)C3. The van der Waals surface area contributed by atoms with Gasteiger partial charge in [0, 0.05) is 30.1 Å². The molecule has 4 nitrogen and oxygen atoms in total. The molecular formula is C21H19N3O. The number of hydrogen-bond acceptors (Lipinski definition) is 3. The molecule has 1 aliphatic rings. The van der Waals surface area contributed by atoms with Crippen LogP contribution in [0.2, 0.25) is 0 Å². The summed E-state index contributed by atoms with van der Waals surface area (Å²) < 4.78 is 7.81. The fourth-order valence-electron chi connectivity index (χ4n) is 3.90. The molecule has 2 aromatic heterocycles. The van der Waals surface area contributed by atoms with Crippen molar-refractivity contribution in [2.75, 3.05) is 7.11 Å². The molecule has 4 aromatic rings. The number of ether oxygens (including phenoxy) is 1. The summed E-state index contributed by atoms with van der Waals surface area (Å²) in [6, 6.07) is 19.1. The lowest BCUT2D eigenvalue weighted by Crippen LogP contribution is -2.30. The van der Waals surface area contributed by atoms with E-state index in [0.717, 1.165) is 31.2 Å². The highest BCUT2D eigenvalue weighted by Gasteiger charge is 2.23. The Labute approximate surface area is 146 Å². The van der Waals surface area contributed by atoms with Gasteiger partial charge in [0.05, 0.1) is 30.5 Å². The molecule has 0 saturated carbocycles. The maximum atomic E-state index is 5.42. The molecule has 1 aliphatic heterocycles. The molecule has 0 N–H and O–H groups in total. The molecular weight excluding hydrogens is 310 g/mol. The highest BCUT2D eigenvalue weighted by atomic mass is 16.5. The van der Waals surface area contributed by atoms with E-state index in [1.807, 2.05) is 12.3 Å². The molecule has 0 atom stereocenters. The van der Waals surface area contributed by atoms with E-state index < -0.39 is 0 Å². The van der Waals surface area contributed by atoms with E-state index in [-0.39, 0.29) is 0 Å². The Hall–Kier alpha value is -2.85. The first-order valence-electron chi connectivity index (χ1n) is 8.53. The van der Waals surface area contributed by atoms with Crippen LogP contribution in [0.1, 0.15) is 11.3 Å². The van der Waals surface area contributed by atoms with E-state index in [4.69, 9.17) is 4.74 Å². The molecule has 0 fully saturated rings. The van der Waals surface area contributed by atoms with Crippen LogP contribution in [-0.4, -0.2) is 21.6 Å². The zero-order valence-corrected chi connectivity index (χ0v) is 14.1. The molecule has 4 heteroatoms. The Morgan fingerprint density at radius 1 is 1.04 bits per heavy atom. The van der Waals surface area contributed by atoms with Crippen molar-refractivity contribution in [1.82, 2.24) is 14.5 Å². The van der Waals surface area contributed by atoms with E-state index in [9.17, 15) is 0 Å². The topological polar surface area (TPSA) is 30.3 Å². The van der Waals surface area contributed by atoms with Gasteiger partial charge in [0.2, 0.25) is 0 Å². The lowest BCUT2D eigenvalue weighted by Gasteiger charge is -2.28. The third-order valence-electron chi connectivity index (χ3n) is 5.02. The monoisotopic (exact) mass is 329 g/mol. The quantitative estimate of drug-likeness (QED) is 0.565. The largest absolute Gasteiger partial charge is 0.497 e. The maximum absolute atomic E-state index is 5.42. The second-order valence-corrected chi connectivity index (χ2v) is 6.58. The van der Waals surface area contributed by atoms with E-state index in [2.05, 4.69) is 63.0 Å². The predicted molar refractivity (Wildman–Crippen MR) is 99.5 cm³/mol. The van der Waals surface area contributed by atoms with Crippen LogP contribution < -0.4 is 4.74 Å². The Kier molecular flexibility index (Phi) is 3.25. The number of benzene rings is 2. The van der Waals surface area contributed by atoms with Gasteiger partial charge in [-0.25, -0.2) is 0 Å². The van der Waals surface area contributed by atoms with Crippen molar-refractivity contribution in [3.8, 4) is 5.75 Å². The summed E-state index contributed by atoms with van der Waals surface area (Å²) in [5.74, 6) is 0.894. The molecule has 0 aliphatic carbocycles. The van der Waals surface area contributed by atoms with Gasteiger partial charge in [-0.2, -0.15) is 0 Å². The molecule has 0 radical (unpaired) electrons. The van der Waals surface area contributed by atoms with Gasteiger partial charge < -0.3 is 9.30 Å². The Morgan fingerprint density at radius 2 is 1.92 bits per heavy atom. The summed E-state index contributed by atoms with van der Waals surface area (Å²) in [4.78, 5) is 7.11. The summed E-state index contributed by atoms with van der Waals surface area (Å²) in [7, 11) is 1.72. The van der Waals surface area contributed by atoms with Crippen LogP contribution in [0, 0.1) is 0 Å². The van der Waals surface area contributed by atoms with Crippen LogP contribution in [-0.2, 0) is 19.8 Å². The number of aromatic nitrogens is 2. The van der Waals surface area contributed by atoms with Crippen LogP contribution in [0.25, 0.3) is 21.8 Å². The molecule has 0 amide bonds. The average Bonchev–Trinajstić information content (AvgIpc) is 2.97. The van der Waals surface area contributed by atoms with Gasteiger partial charge >= 0.3 is 0 Å². The standard InChI is InChI=1S/C21H19N3O/c1-25-16-7-8-20-18(11-16)17-9-10-22-19-13-23(14-24(20)21(17)19)12-15-5-3-2-4-6-15/h2-11H,12-14H2,1H3. The lowest BCUT2D eigenvalue weighted by molar-refractivity contribution is 0.194.